The average molecular weight is 274 g/mol. The van der Waals surface area contributed by atoms with E-state index in [1.54, 1.807) is 12.1 Å². The summed E-state index contributed by atoms with van der Waals surface area (Å²) in [4.78, 5) is 15.9. The van der Waals surface area contributed by atoms with E-state index < -0.39 is 5.97 Å². The number of carboxylic acid groups (broad SMARTS) is 1. The molecular weight excluding hydrogens is 256 g/mol. The van der Waals surface area contributed by atoms with Crippen LogP contribution in [0.25, 0.3) is 11.0 Å². The summed E-state index contributed by atoms with van der Waals surface area (Å²) < 4.78 is 7.54. The maximum atomic E-state index is 11.4. The molecule has 1 aromatic carbocycles. The van der Waals surface area contributed by atoms with Gasteiger partial charge in [0.05, 0.1) is 23.2 Å². The van der Waals surface area contributed by atoms with Crippen molar-refractivity contribution in [1.82, 2.24) is 9.55 Å². The number of hydrogen-bond acceptors (Lipinski definition) is 3. The van der Waals surface area contributed by atoms with Crippen molar-refractivity contribution in [2.45, 2.75) is 26.3 Å². The van der Waals surface area contributed by atoms with Crippen molar-refractivity contribution in [3.63, 3.8) is 0 Å². The Balaban J connectivity index is 2.04. The summed E-state index contributed by atoms with van der Waals surface area (Å²) in [6.07, 6.45) is 2.19. The van der Waals surface area contributed by atoms with Gasteiger partial charge in [0.25, 0.3) is 0 Å². The van der Waals surface area contributed by atoms with Gasteiger partial charge in [-0.3, -0.25) is 0 Å². The zero-order chi connectivity index (χ0) is 14.1. The lowest BCUT2D eigenvalue weighted by molar-refractivity contribution is 0.0485. The van der Waals surface area contributed by atoms with Crippen LogP contribution in [0.2, 0.25) is 0 Å². The Kier molecular flexibility index (Phi) is 3.44. The molecule has 0 aliphatic carbocycles. The molecule has 1 aliphatic rings. The maximum Gasteiger partial charge on any atom is 0.337 e. The molecule has 1 atom stereocenters. The van der Waals surface area contributed by atoms with Crippen molar-refractivity contribution in [2.75, 3.05) is 13.2 Å². The van der Waals surface area contributed by atoms with Gasteiger partial charge in [0.2, 0.25) is 0 Å². The topological polar surface area (TPSA) is 64.3 Å². The van der Waals surface area contributed by atoms with Gasteiger partial charge in [-0.2, -0.15) is 0 Å². The molecule has 5 nitrogen and oxygen atoms in total. The zero-order valence-electron chi connectivity index (χ0n) is 11.5. The molecule has 106 valence electrons. The maximum absolute atomic E-state index is 11.4. The molecule has 2 aromatic rings. The number of rotatable bonds is 3. The fourth-order valence-corrected chi connectivity index (χ4v) is 2.91. The first-order chi connectivity index (χ1) is 9.66. The fourth-order valence-electron chi connectivity index (χ4n) is 2.91. The van der Waals surface area contributed by atoms with Crippen molar-refractivity contribution in [3.05, 3.63) is 29.6 Å². The highest BCUT2D eigenvalue weighted by Gasteiger charge is 2.20. The minimum absolute atomic E-state index is 0.319. The molecular formula is C15H18N2O3. The Morgan fingerprint density at radius 1 is 1.55 bits per heavy atom. The lowest BCUT2D eigenvalue weighted by Gasteiger charge is -2.23. The minimum Gasteiger partial charge on any atom is -0.478 e. The van der Waals surface area contributed by atoms with Crippen LogP contribution in [-0.4, -0.2) is 33.8 Å². The van der Waals surface area contributed by atoms with Crippen molar-refractivity contribution >= 4 is 17.0 Å². The number of aromatic nitrogens is 2. The Labute approximate surface area is 117 Å². The molecule has 1 fully saturated rings. The molecule has 0 bridgehead atoms. The summed E-state index contributed by atoms with van der Waals surface area (Å²) in [6.45, 7) is 4.27. The lowest BCUT2D eigenvalue weighted by Crippen LogP contribution is -2.22. The molecule has 0 radical (unpaired) electrons. The zero-order valence-corrected chi connectivity index (χ0v) is 11.5. The van der Waals surface area contributed by atoms with E-state index in [0.29, 0.717) is 11.5 Å². The molecule has 1 aromatic heterocycles. The van der Waals surface area contributed by atoms with E-state index in [1.807, 2.05) is 17.6 Å². The third kappa shape index (κ3) is 2.29. The third-order valence-electron chi connectivity index (χ3n) is 3.88. The van der Waals surface area contributed by atoms with E-state index in [0.717, 1.165) is 49.5 Å². The number of carboxylic acids is 1. The number of aromatic carboxylic acids is 1. The number of benzene rings is 1. The number of carbonyl (C=O) groups is 1. The summed E-state index contributed by atoms with van der Waals surface area (Å²) in [5.41, 5.74) is 1.79. The van der Waals surface area contributed by atoms with Crippen molar-refractivity contribution in [2.24, 2.45) is 5.92 Å². The van der Waals surface area contributed by atoms with Crippen LogP contribution in [0.1, 0.15) is 29.0 Å². The highest BCUT2D eigenvalue weighted by Crippen LogP contribution is 2.24. The second kappa shape index (κ2) is 5.25. The number of hydrogen-bond donors (Lipinski definition) is 1. The monoisotopic (exact) mass is 274 g/mol. The molecule has 20 heavy (non-hydrogen) atoms. The van der Waals surface area contributed by atoms with Crippen LogP contribution in [-0.2, 0) is 11.3 Å². The number of ether oxygens (including phenoxy) is 1. The van der Waals surface area contributed by atoms with E-state index in [9.17, 15) is 9.90 Å². The second-order valence-corrected chi connectivity index (χ2v) is 5.33. The van der Waals surface area contributed by atoms with Gasteiger partial charge in [-0.15, -0.1) is 0 Å². The minimum atomic E-state index is -0.906. The third-order valence-corrected chi connectivity index (χ3v) is 3.88. The fraction of sp³-hybridized carbons (Fsp3) is 0.467. The molecule has 3 rings (SSSR count). The van der Waals surface area contributed by atoms with Crippen LogP contribution in [0.4, 0.5) is 0 Å². The predicted octanol–water partition coefficient (Wildman–Crippen LogP) is 2.47. The van der Waals surface area contributed by atoms with Gasteiger partial charge < -0.3 is 14.4 Å². The van der Waals surface area contributed by atoms with E-state index in [1.165, 1.54) is 0 Å². The van der Waals surface area contributed by atoms with Gasteiger partial charge in [0.15, 0.2) is 0 Å². The Bertz CT molecular complexity index is 642. The van der Waals surface area contributed by atoms with Gasteiger partial charge in [-0.1, -0.05) is 6.07 Å². The molecule has 0 saturated carbocycles. The molecule has 2 heterocycles. The molecule has 0 amide bonds. The Hall–Kier alpha value is -1.88. The molecule has 1 N–H and O–H groups in total. The lowest BCUT2D eigenvalue weighted by atomic mass is 10.0. The van der Waals surface area contributed by atoms with Gasteiger partial charge in [0.1, 0.15) is 5.82 Å². The van der Waals surface area contributed by atoms with E-state index in [-0.39, 0.29) is 0 Å². The standard InChI is InChI=1S/C15H18N2O3/c1-10-16-13-6-2-5-12(15(18)19)14(13)17(10)8-11-4-3-7-20-9-11/h2,5-6,11H,3-4,7-9H2,1H3,(H,18,19). The van der Waals surface area contributed by atoms with E-state index in [4.69, 9.17) is 4.74 Å². The van der Waals surface area contributed by atoms with Crippen molar-refractivity contribution in [1.29, 1.82) is 0 Å². The summed E-state index contributed by atoms with van der Waals surface area (Å²) in [5, 5.41) is 9.36. The SMILES string of the molecule is Cc1nc2cccc(C(=O)O)c2n1CC1CCCOC1. The number of aryl methyl sites for hydroxylation is 1. The average Bonchev–Trinajstić information content (AvgIpc) is 2.76. The molecule has 1 saturated heterocycles. The molecule has 1 aliphatic heterocycles. The summed E-state index contributed by atoms with van der Waals surface area (Å²) in [6, 6.07) is 5.24. The number of fused-ring (bicyclic) bond motifs is 1. The normalized spacial score (nSPS) is 19.4. The van der Waals surface area contributed by atoms with Crippen molar-refractivity contribution < 1.29 is 14.6 Å². The largest absolute Gasteiger partial charge is 0.478 e. The van der Waals surface area contributed by atoms with Crippen LogP contribution in [0.15, 0.2) is 18.2 Å². The molecule has 1 unspecified atom stereocenters. The van der Waals surface area contributed by atoms with Crippen LogP contribution in [0.3, 0.4) is 0 Å². The Morgan fingerprint density at radius 3 is 3.10 bits per heavy atom. The highest BCUT2D eigenvalue weighted by atomic mass is 16.5. The first-order valence-electron chi connectivity index (χ1n) is 6.93. The van der Waals surface area contributed by atoms with Gasteiger partial charge in [0, 0.05) is 19.1 Å². The number of nitrogens with zero attached hydrogens (tertiary/aromatic N) is 2. The quantitative estimate of drug-likeness (QED) is 0.933. The van der Waals surface area contributed by atoms with E-state index >= 15 is 0 Å². The Morgan fingerprint density at radius 2 is 2.40 bits per heavy atom. The smallest absolute Gasteiger partial charge is 0.337 e. The first-order valence-corrected chi connectivity index (χ1v) is 6.93. The summed E-state index contributed by atoms with van der Waals surface area (Å²) >= 11 is 0. The van der Waals surface area contributed by atoms with Crippen LogP contribution >= 0.6 is 0 Å². The second-order valence-electron chi connectivity index (χ2n) is 5.33. The molecule has 5 heteroatoms. The first kappa shape index (κ1) is 13.1. The van der Waals surface area contributed by atoms with Gasteiger partial charge in [-0.05, 0) is 31.9 Å². The summed E-state index contributed by atoms with van der Waals surface area (Å²) in [7, 11) is 0. The van der Waals surface area contributed by atoms with Gasteiger partial charge >= 0.3 is 5.97 Å². The summed E-state index contributed by atoms with van der Waals surface area (Å²) in [5.74, 6) is 0.387. The predicted molar refractivity (Wildman–Crippen MR) is 75.0 cm³/mol. The van der Waals surface area contributed by atoms with Crippen LogP contribution < -0.4 is 0 Å². The highest BCUT2D eigenvalue weighted by molar-refractivity contribution is 6.01. The van der Waals surface area contributed by atoms with Crippen LogP contribution in [0, 0.1) is 12.8 Å². The van der Waals surface area contributed by atoms with Crippen molar-refractivity contribution in [3.8, 4) is 0 Å². The van der Waals surface area contributed by atoms with E-state index in [2.05, 4.69) is 4.98 Å². The van der Waals surface area contributed by atoms with Gasteiger partial charge in [-0.25, -0.2) is 9.78 Å². The molecule has 0 spiro atoms. The van der Waals surface area contributed by atoms with Crippen LogP contribution in [0.5, 0.6) is 0 Å². The number of imidazole rings is 1. The number of para-hydroxylation sites is 1.